The fourth-order valence-corrected chi connectivity index (χ4v) is 1.78. The summed E-state index contributed by atoms with van der Waals surface area (Å²) < 4.78 is 0. The summed E-state index contributed by atoms with van der Waals surface area (Å²) in [6, 6.07) is 3.98. The molecule has 0 bridgehead atoms. The van der Waals surface area contributed by atoms with Crippen LogP contribution in [0.25, 0.3) is 0 Å². The lowest BCUT2D eigenvalue weighted by atomic mass is 9.94. The Balaban J connectivity index is 2.71. The summed E-state index contributed by atoms with van der Waals surface area (Å²) in [4.78, 5) is 4.28. The molecular weight excluding hydrogens is 226 g/mol. The van der Waals surface area contributed by atoms with Gasteiger partial charge < -0.3 is 15.7 Å². The Morgan fingerprint density at radius 3 is 2.78 bits per heavy atom. The molecule has 4 heteroatoms. The molecule has 0 aromatic carbocycles. The number of aromatic nitrogens is 1. The fraction of sp³-hybridized carbons (Fsp3) is 0.643. The van der Waals surface area contributed by atoms with Crippen LogP contribution < -0.4 is 10.6 Å². The second-order valence-corrected chi connectivity index (χ2v) is 4.87. The first-order valence-corrected chi connectivity index (χ1v) is 6.72. The highest BCUT2D eigenvalue weighted by Gasteiger charge is 2.20. The molecule has 0 aliphatic heterocycles. The van der Waals surface area contributed by atoms with Crippen LogP contribution in [0.15, 0.2) is 18.3 Å². The molecule has 1 unspecified atom stereocenters. The highest BCUT2D eigenvalue weighted by Crippen LogP contribution is 2.22. The zero-order valence-electron chi connectivity index (χ0n) is 11.7. The van der Waals surface area contributed by atoms with Crippen molar-refractivity contribution in [2.45, 2.75) is 45.6 Å². The van der Waals surface area contributed by atoms with Gasteiger partial charge in [0.05, 0.1) is 0 Å². The van der Waals surface area contributed by atoms with Gasteiger partial charge in [0.15, 0.2) is 0 Å². The van der Waals surface area contributed by atoms with Gasteiger partial charge in [-0.15, -0.1) is 0 Å². The van der Waals surface area contributed by atoms with Gasteiger partial charge in [-0.2, -0.15) is 0 Å². The molecule has 4 nitrogen and oxygen atoms in total. The highest BCUT2D eigenvalue weighted by molar-refractivity contribution is 5.53. The molecule has 102 valence electrons. The Bertz CT molecular complexity index is 357. The lowest BCUT2D eigenvalue weighted by molar-refractivity contribution is 0.252. The molecule has 0 saturated heterocycles. The van der Waals surface area contributed by atoms with Crippen LogP contribution in [0.1, 0.15) is 40.0 Å². The molecule has 0 fully saturated rings. The topological polar surface area (TPSA) is 57.2 Å². The summed E-state index contributed by atoms with van der Waals surface area (Å²) in [6.07, 6.45) is 4.59. The summed E-state index contributed by atoms with van der Waals surface area (Å²) in [5.41, 5.74) is 0.972. The Morgan fingerprint density at radius 1 is 1.39 bits per heavy atom. The van der Waals surface area contributed by atoms with Crippen LogP contribution in [0.4, 0.5) is 11.5 Å². The minimum Gasteiger partial charge on any atom is -0.396 e. The van der Waals surface area contributed by atoms with Crippen molar-refractivity contribution in [2.75, 3.05) is 23.8 Å². The molecule has 0 saturated carbocycles. The van der Waals surface area contributed by atoms with Gasteiger partial charge >= 0.3 is 0 Å². The molecule has 1 rings (SSSR count). The minimum atomic E-state index is -0.0713. The Labute approximate surface area is 110 Å². The summed E-state index contributed by atoms with van der Waals surface area (Å²) in [5.74, 6) is 0.893. The number of nitrogens with zero attached hydrogens (tertiary/aromatic N) is 1. The number of anilines is 2. The van der Waals surface area contributed by atoms with E-state index in [0.717, 1.165) is 37.3 Å². The molecule has 1 aromatic rings. The van der Waals surface area contributed by atoms with E-state index in [-0.39, 0.29) is 12.1 Å². The third kappa shape index (κ3) is 4.53. The minimum absolute atomic E-state index is 0.0713. The van der Waals surface area contributed by atoms with Crippen molar-refractivity contribution in [3.8, 4) is 0 Å². The number of aliphatic hydroxyl groups is 1. The van der Waals surface area contributed by atoms with Gasteiger partial charge in [-0.3, -0.25) is 0 Å². The van der Waals surface area contributed by atoms with Crippen LogP contribution >= 0.6 is 0 Å². The third-order valence-electron chi connectivity index (χ3n) is 3.21. The molecule has 0 radical (unpaired) electrons. The van der Waals surface area contributed by atoms with E-state index < -0.39 is 0 Å². The number of nitrogens with one attached hydrogen (secondary N) is 2. The van der Waals surface area contributed by atoms with Gasteiger partial charge in [0.25, 0.3) is 0 Å². The van der Waals surface area contributed by atoms with Crippen molar-refractivity contribution in [2.24, 2.45) is 0 Å². The number of rotatable bonds is 8. The van der Waals surface area contributed by atoms with Gasteiger partial charge in [0.2, 0.25) is 0 Å². The fourth-order valence-electron chi connectivity index (χ4n) is 1.78. The Morgan fingerprint density at radius 2 is 2.17 bits per heavy atom. The number of pyridine rings is 1. The van der Waals surface area contributed by atoms with E-state index in [9.17, 15) is 0 Å². The average molecular weight is 251 g/mol. The summed E-state index contributed by atoms with van der Waals surface area (Å²) >= 11 is 0. The summed E-state index contributed by atoms with van der Waals surface area (Å²) in [5, 5.41) is 15.9. The molecule has 0 aliphatic carbocycles. The molecule has 18 heavy (non-hydrogen) atoms. The van der Waals surface area contributed by atoms with Crippen LogP contribution in [-0.2, 0) is 0 Å². The number of aliphatic hydroxyl groups excluding tert-OH is 1. The van der Waals surface area contributed by atoms with Crippen LogP contribution in [-0.4, -0.2) is 28.8 Å². The first-order valence-electron chi connectivity index (χ1n) is 6.72. The van der Waals surface area contributed by atoms with Crippen LogP contribution in [0.2, 0.25) is 0 Å². The van der Waals surface area contributed by atoms with E-state index in [4.69, 9.17) is 5.11 Å². The van der Waals surface area contributed by atoms with Crippen LogP contribution in [0.5, 0.6) is 0 Å². The van der Waals surface area contributed by atoms with Gasteiger partial charge in [0.1, 0.15) is 5.82 Å². The van der Waals surface area contributed by atoms with Gasteiger partial charge in [-0.25, -0.2) is 4.98 Å². The molecule has 3 N–H and O–H groups in total. The van der Waals surface area contributed by atoms with Crippen molar-refractivity contribution in [3.05, 3.63) is 18.3 Å². The maximum Gasteiger partial charge on any atom is 0.127 e. The average Bonchev–Trinajstić information content (AvgIpc) is 2.37. The third-order valence-corrected chi connectivity index (χ3v) is 3.21. The second-order valence-electron chi connectivity index (χ2n) is 4.87. The van der Waals surface area contributed by atoms with Crippen LogP contribution in [0, 0.1) is 0 Å². The van der Waals surface area contributed by atoms with Gasteiger partial charge in [-0.05, 0) is 32.3 Å². The van der Waals surface area contributed by atoms with E-state index in [0.29, 0.717) is 0 Å². The molecule has 1 atom stereocenters. The molecule has 0 spiro atoms. The van der Waals surface area contributed by atoms with Crippen molar-refractivity contribution >= 4 is 11.5 Å². The van der Waals surface area contributed by atoms with E-state index >= 15 is 0 Å². The Hall–Kier alpha value is -1.29. The summed E-state index contributed by atoms with van der Waals surface area (Å²) in [7, 11) is 0. The zero-order valence-corrected chi connectivity index (χ0v) is 11.7. The molecule has 1 aromatic heterocycles. The number of hydrogen-bond donors (Lipinski definition) is 3. The maximum absolute atomic E-state index is 9.12. The second kappa shape index (κ2) is 7.21. The molecule has 1 heterocycles. The van der Waals surface area contributed by atoms with E-state index in [1.807, 2.05) is 12.1 Å². The van der Waals surface area contributed by atoms with E-state index in [1.54, 1.807) is 6.20 Å². The first-order chi connectivity index (χ1) is 8.63. The normalized spacial score (nSPS) is 14.0. The van der Waals surface area contributed by atoms with E-state index in [1.165, 1.54) is 0 Å². The predicted molar refractivity (Wildman–Crippen MR) is 77.0 cm³/mol. The lowest BCUT2D eigenvalue weighted by Gasteiger charge is -2.30. The van der Waals surface area contributed by atoms with Crippen LogP contribution in [0.3, 0.4) is 0 Å². The zero-order chi connectivity index (χ0) is 13.4. The lowest BCUT2D eigenvalue weighted by Crippen LogP contribution is -2.35. The van der Waals surface area contributed by atoms with Gasteiger partial charge in [0, 0.05) is 36.6 Å². The predicted octanol–water partition coefficient (Wildman–Crippen LogP) is 2.87. The van der Waals surface area contributed by atoms with Crippen molar-refractivity contribution in [1.82, 2.24) is 4.98 Å². The standard InChI is InChI=1S/C14H25N3O/c1-4-8-15-13-11-12(6-9-16-13)17-14(3,5-2)7-10-18/h6,9,11,18H,4-5,7-8,10H2,1-3H3,(H2,15,16,17). The Kier molecular flexibility index (Phi) is 5.92. The largest absolute Gasteiger partial charge is 0.396 e. The van der Waals surface area contributed by atoms with Gasteiger partial charge in [-0.1, -0.05) is 13.8 Å². The monoisotopic (exact) mass is 251 g/mol. The van der Waals surface area contributed by atoms with Crippen molar-refractivity contribution in [1.29, 1.82) is 0 Å². The van der Waals surface area contributed by atoms with E-state index in [2.05, 4.69) is 36.4 Å². The van der Waals surface area contributed by atoms with Crippen molar-refractivity contribution in [3.63, 3.8) is 0 Å². The molecule has 0 amide bonds. The highest BCUT2D eigenvalue weighted by atomic mass is 16.3. The number of hydrogen-bond acceptors (Lipinski definition) is 4. The molecular formula is C14H25N3O. The first kappa shape index (κ1) is 14.8. The van der Waals surface area contributed by atoms with Crippen molar-refractivity contribution < 1.29 is 5.11 Å². The SMILES string of the molecule is CCCNc1cc(NC(C)(CC)CCO)ccn1. The smallest absolute Gasteiger partial charge is 0.127 e. The maximum atomic E-state index is 9.12. The molecule has 0 aliphatic rings. The quantitative estimate of drug-likeness (QED) is 0.665. The summed E-state index contributed by atoms with van der Waals surface area (Å²) in [6.45, 7) is 7.51.